The predicted molar refractivity (Wildman–Crippen MR) is 98.1 cm³/mol. The molecule has 1 aliphatic heterocycles. The van der Waals surface area contributed by atoms with Crippen LogP contribution in [0.1, 0.15) is 23.2 Å². The number of aryl methyl sites for hydroxylation is 2. The molecule has 0 radical (unpaired) electrons. The summed E-state index contributed by atoms with van der Waals surface area (Å²) in [6, 6.07) is 7.57. The Bertz CT molecular complexity index is 892. The average Bonchev–Trinajstić information content (AvgIpc) is 3.13. The van der Waals surface area contributed by atoms with Gasteiger partial charge in [0, 0.05) is 45.0 Å². The quantitative estimate of drug-likeness (QED) is 0.812. The first kappa shape index (κ1) is 16.7. The summed E-state index contributed by atoms with van der Waals surface area (Å²) >= 11 is 0. The lowest BCUT2D eigenvalue weighted by Crippen LogP contribution is -2.48. The highest BCUT2D eigenvalue weighted by atomic mass is 16.1. The van der Waals surface area contributed by atoms with Gasteiger partial charge in [-0.25, -0.2) is 9.67 Å². The van der Waals surface area contributed by atoms with E-state index < -0.39 is 0 Å². The summed E-state index contributed by atoms with van der Waals surface area (Å²) in [6.45, 7) is 4.88. The first-order chi connectivity index (χ1) is 12.7. The molecule has 0 bridgehead atoms. The summed E-state index contributed by atoms with van der Waals surface area (Å²) in [5.41, 5.74) is 2.85. The highest BCUT2D eigenvalue weighted by Crippen LogP contribution is 2.18. The summed E-state index contributed by atoms with van der Waals surface area (Å²) in [5, 5.41) is 13.8. The van der Waals surface area contributed by atoms with E-state index in [1.165, 1.54) is 0 Å². The van der Waals surface area contributed by atoms with Crippen LogP contribution in [0.25, 0.3) is 0 Å². The van der Waals surface area contributed by atoms with Gasteiger partial charge in [-0.3, -0.25) is 9.69 Å². The number of fused-ring (bicyclic) bond motifs is 1. The van der Waals surface area contributed by atoms with Crippen LogP contribution in [-0.4, -0.2) is 52.4 Å². The molecular weight excluding hydrogens is 328 g/mol. The number of aromatic nitrogens is 3. The average molecular weight is 350 g/mol. The number of pyridine rings is 1. The third kappa shape index (κ3) is 3.33. The van der Waals surface area contributed by atoms with Crippen LogP contribution in [-0.2, 0) is 19.4 Å². The fourth-order valence-electron chi connectivity index (χ4n) is 3.76. The van der Waals surface area contributed by atoms with E-state index in [2.05, 4.69) is 26.0 Å². The van der Waals surface area contributed by atoms with E-state index in [0.29, 0.717) is 12.1 Å². The van der Waals surface area contributed by atoms with Crippen LogP contribution in [0.5, 0.6) is 0 Å². The lowest BCUT2D eigenvalue weighted by molar-refractivity contribution is 0.242. The topological polar surface area (TPSA) is 78.1 Å². The Labute approximate surface area is 152 Å². The third-order valence-electron chi connectivity index (χ3n) is 5.23. The maximum Gasteiger partial charge on any atom is 0.267 e. The fourth-order valence-corrected chi connectivity index (χ4v) is 3.76. The minimum atomic E-state index is 0.0106. The molecule has 2 aliphatic rings. The predicted octanol–water partition coefficient (Wildman–Crippen LogP) is 0.821. The smallest absolute Gasteiger partial charge is 0.267 e. The highest BCUT2D eigenvalue weighted by Gasteiger charge is 2.20. The Hall–Kier alpha value is -2.72. The van der Waals surface area contributed by atoms with Crippen molar-refractivity contribution < 1.29 is 0 Å². The van der Waals surface area contributed by atoms with Gasteiger partial charge in [0.1, 0.15) is 11.9 Å². The third-order valence-corrected chi connectivity index (χ3v) is 5.23. The van der Waals surface area contributed by atoms with Gasteiger partial charge < -0.3 is 4.90 Å². The number of hydrogen-bond acceptors (Lipinski definition) is 6. The van der Waals surface area contributed by atoms with E-state index in [9.17, 15) is 10.1 Å². The van der Waals surface area contributed by atoms with Crippen molar-refractivity contribution in [2.45, 2.75) is 25.8 Å². The van der Waals surface area contributed by atoms with Crippen LogP contribution in [0.3, 0.4) is 0 Å². The highest BCUT2D eigenvalue weighted by molar-refractivity contribution is 5.53. The lowest BCUT2D eigenvalue weighted by atomic mass is 10.2. The molecule has 7 nitrogen and oxygen atoms in total. The van der Waals surface area contributed by atoms with E-state index >= 15 is 0 Å². The molecule has 134 valence electrons. The van der Waals surface area contributed by atoms with Crippen molar-refractivity contribution in [2.24, 2.45) is 0 Å². The number of piperazine rings is 1. The van der Waals surface area contributed by atoms with Gasteiger partial charge in [0.2, 0.25) is 0 Å². The Morgan fingerprint density at radius 3 is 2.81 bits per heavy atom. The van der Waals surface area contributed by atoms with Gasteiger partial charge in [0.15, 0.2) is 0 Å². The Kier molecular flexibility index (Phi) is 4.67. The number of hydrogen-bond donors (Lipinski definition) is 0. The molecular formula is C19H22N6O. The van der Waals surface area contributed by atoms with Gasteiger partial charge >= 0.3 is 0 Å². The van der Waals surface area contributed by atoms with Gasteiger partial charge in [0.25, 0.3) is 5.56 Å². The van der Waals surface area contributed by atoms with Crippen molar-refractivity contribution in [1.29, 1.82) is 5.26 Å². The molecule has 2 aromatic rings. The standard InChI is InChI=1S/C19H22N6O/c20-14-16-4-2-6-21-19(16)24-10-7-23(8-11-24)9-12-25-18(26)13-15-3-1-5-17(15)22-25/h2,4,6,13H,1,3,5,7-12H2. The van der Waals surface area contributed by atoms with Crippen LogP contribution >= 0.6 is 0 Å². The number of anilines is 1. The molecule has 3 heterocycles. The normalized spacial score (nSPS) is 17.1. The second-order valence-corrected chi connectivity index (χ2v) is 6.85. The summed E-state index contributed by atoms with van der Waals surface area (Å²) < 4.78 is 1.61. The van der Waals surface area contributed by atoms with Gasteiger partial charge in [0.05, 0.1) is 17.8 Å². The van der Waals surface area contributed by atoms with Gasteiger partial charge in [-0.15, -0.1) is 0 Å². The zero-order valence-corrected chi connectivity index (χ0v) is 14.8. The molecule has 0 spiro atoms. The molecule has 0 amide bonds. The van der Waals surface area contributed by atoms with Crippen molar-refractivity contribution in [3.8, 4) is 6.07 Å². The molecule has 1 fully saturated rings. The van der Waals surface area contributed by atoms with Crippen molar-refractivity contribution in [1.82, 2.24) is 19.7 Å². The largest absolute Gasteiger partial charge is 0.353 e. The van der Waals surface area contributed by atoms with Crippen LogP contribution in [0.2, 0.25) is 0 Å². The molecule has 0 N–H and O–H groups in total. The number of nitrogens with zero attached hydrogens (tertiary/aromatic N) is 6. The zero-order valence-electron chi connectivity index (χ0n) is 14.8. The maximum absolute atomic E-state index is 12.2. The van der Waals surface area contributed by atoms with E-state index in [4.69, 9.17) is 0 Å². The van der Waals surface area contributed by atoms with Gasteiger partial charge in [-0.2, -0.15) is 10.4 Å². The van der Waals surface area contributed by atoms with Gasteiger partial charge in [-0.1, -0.05) is 0 Å². The van der Waals surface area contributed by atoms with Crippen molar-refractivity contribution in [3.63, 3.8) is 0 Å². The van der Waals surface area contributed by atoms with Crippen molar-refractivity contribution in [2.75, 3.05) is 37.6 Å². The molecule has 26 heavy (non-hydrogen) atoms. The number of rotatable bonds is 4. The summed E-state index contributed by atoms with van der Waals surface area (Å²) in [5.74, 6) is 0.770. The van der Waals surface area contributed by atoms with E-state index in [-0.39, 0.29) is 5.56 Å². The summed E-state index contributed by atoms with van der Waals surface area (Å²) in [7, 11) is 0. The van der Waals surface area contributed by atoms with E-state index in [0.717, 1.165) is 69.1 Å². The van der Waals surface area contributed by atoms with Crippen LogP contribution in [0.4, 0.5) is 5.82 Å². The molecule has 7 heteroatoms. The molecule has 2 aromatic heterocycles. The second-order valence-electron chi connectivity index (χ2n) is 6.85. The SMILES string of the molecule is N#Cc1cccnc1N1CCN(CCn2nc3c(cc2=O)CCC3)CC1. The lowest BCUT2D eigenvalue weighted by Gasteiger charge is -2.35. The first-order valence-corrected chi connectivity index (χ1v) is 9.17. The molecule has 0 atom stereocenters. The minimum absolute atomic E-state index is 0.0106. The molecule has 1 aliphatic carbocycles. The van der Waals surface area contributed by atoms with E-state index in [1.54, 1.807) is 29.1 Å². The summed E-state index contributed by atoms with van der Waals surface area (Å²) in [6.07, 6.45) is 4.80. The molecule has 0 unspecified atom stereocenters. The van der Waals surface area contributed by atoms with Crippen LogP contribution < -0.4 is 10.5 Å². The summed E-state index contributed by atoms with van der Waals surface area (Å²) in [4.78, 5) is 21.1. The Balaban J connectivity index is 1.35. The van der Waals surface area contributed by atoms with Crippen LogP contribution in [0.15, 0.2) is 29.2 Å². The maximum atomic E-state index is 12.2. The van der Waals surface area contributed by atoms with Crippen molar-refractivity contribution >= 4 is 5.82 Å². The van der Waals surface area contributed by atoms with Crippen molar-refractivity contribution in [3.05, 3.63) is 51.6 Å². The molecule has 0 aromatic carbocycles. The Morgan fingerprint density at radius 1 is 1.15 bits per heavy atom. The first-order valence-electron chi connectivity index (χ1n) is 9.17. The number of nitriles is 1. The van der Waals surface area contributed by atoms with E-state index in [1.807, 2.05) is 0 Å². The minimum Gasteiger partial charge on any atom is -0.353 e. The molecule has 0 saturated carbocycles. The monoisotopic (exact) mass is 350 g/mol. The molecule has 4 rings (SSSR count). The second kappa shape index (κ2) is 7.26. The Morgan fingerprint density at radius 2 is 2.00 bits per heavy atom. The zero-order chi connectivity index (χ0) is 17.9. The van der Waals surface area contributed by atoms with Gasteiger partial charge in [-0.05, 0) is 37.0 Å². The molecule has 1 saturated heterocycles. The van der Waals surface area contributed by atoms with Crippen LogP contribution in [0, 0.1) is 11.3 Å². The fraction of sp³-hybridized carbons (Fsp3) is 0.474.